The lowest BCUT2D eigenvalue weighted by Crippen LogP contribution is -2.02. The number of carbonyl (C=O) groups is 1. The van der Waals surface area contributed by atoms with Gasteiger partial charge < -0.3 is 10.1 Å². The number of aliphatic carboxylic acids is 1. The number of pyridine rings is 1. The summed E-state index contributed by atoms with van der Waals surface area (Å²) in [6.45, 7) is 0. The molecular weight excluding hydrogens is 256 g/mol. The minimum atomic E-state index is -0.916. The van der Waals surface area contributed by atoms with Crippen LogP contribution in [0.5, 0.6) is 0 Å². The van der Waals surface area contributed by atoms with E-state index in [1.165, 1.54) is 16.9 Å². The quantitative estimate of drug-likeness (QED) is 0.774. The summed E-state index contributed by atoms with van der Waals surface area (Å²) in [7, 11) is 1.67. The van der Waals surface area contributed by atoms with Crippen molar-refractivity contribution in [3.05, 3.63) is 28.7 Å². The second-order valence-corrected chi connectivity index (χ2v) is 4.41. The number of aromatic amines is 1. The van der Waals surface area contributed by atoms with Gasteiger partial charge in [0.25, 0.3) is 0 Å². The second-order valence-electron chi connectivity index (χ2n) is 3.47. The van der Waals surface area contributed by atoms with Crippen LogP contribution in [0.2, 0.25) is 0 Å². The van der Waals surface area contributed by atoms with Crippen LogP contribution < -0.4 is 5.56 Å². The van der Waals surface area contributed by atoms with Crippen LogP contribution in [0.4, 0.5) is 0 Å². The van der Waals surface area contributed by atoms with Gasteiger partial charge in [0.2, 0.25) is 5.56 Å². The largest absolute Gasteiger partial charge is 0.481 e. The van der Waals surface area contributed by atoms with E-state index in [2.05, 4.69) is 15.1 Å². The third-order valence-corrected chi connectivity index (χ3v) is 3.09. The molecule has 2 aromatic rings. The zero-order chi connectivity index (χ0) is 13.1. The van der Waals surface area contributed by atoms with Crippen LogP contribution in [0.3, 0.4) is 0 Å². The molecule has 94 valence electrons. The van der Waals surface area contributed by atoms with Crippen molar-refractivity contribution in [3.63, 3.8) is 0 Å². The maximum absolute atomic E-state index is 11.2. The highest BCUT2D eigenvalue weighted by atomic mass is 32.2. The molecule has 8 heteroatoms. The van der Waals surface area contributed by atoms with Crippen molar-refractivity contribution in [2.24, 2.45) is 7.05 Å². The lowest BCUT2D eigenvalue weighted by molar-refractivity contribution is -0.133. The molecule has 0 radical (unpaired) electrons. The number of thioether (sulfide) groups is 1. The molecule has 0 aliphatic rings. The normalized spacial score (nSPS) is 10.5. The highest BCUT2D eigenvalue weighted by Gasteiger charge is 2.11. The molecule has 2 N–H and O–H groups in total. The van der Waals surface area contributed by atoms with Gasteiger partial charge in [-0.25, -0.2) is 9.67 Å². The predicted octanol–water partition coefficient (Wildman–Crippen LogP) is 0.347. The summed E-state index contributed by atoms with van der Waals surface area (Å²) in [5, 5.41) is 13.2. The van der Waals surface area contributed by atoms with Gasteiger partial charge >= 0.3 is 5.97 Å². The van der Waals surface area contributed by atoms with E-state index in [1.807, 2.05) is 0 Å². The van der Waals surface area contributed by atoms with Crippen molar-refractivity contribution in [1.29, 1.82) is 0 Å². The smallest absolute Gasteiger partial charge is 0.313 e. The number of aryl methyl sites for hydroxylation is 1. The number of nitrogens with zero attached hydrogens (tertiary/aromatic N) is 3. The van der Waals surface area contributed by atoms with Crippen LogP contribution >= 0.6 is 11.8 Å². The standard InChI is InChI=1S/C10H10N4O3S/c1-14-10(18-5-8(16)17)12-9(13-14)6-2-3-11-7(15)4-6/h2-4H,5H2,1H3,(H,11,15)(H,16,17). The Morgan fingerprint density at radius 2 is 2.39 bits per heavy atom. The van der Waals surface area contributed by atoms with Crippen molar-refractivity contribution in [1.82, 2.24) is 19.7 Å². The molecule has 2 rings (SSSR count). The van der Waals surface area contributed by atoms with Crippen molar-refractivity contribution in [3.8, 4) is 11.4 Å². The zero-order valence-corrected chi connectivity index (χ0v) is 10.3. The minimum Gasteiger partial charge on any atom is -0.481 e. The topological polar surface area (TPSA) is 101 Å². The molecule has 0 aromatic carbocycles. The first-order valence-electron chi connectivity index (χ1n) is 5.01. The molecule has 18 heavy (non-hydrogen) atoms. The maximum atomic E-state index is 11.2. The SMILES string of the molecule is Cn1nc(-c2cc[nH]c(=O)c2)nc1SCC(=O)O. The zero-order valence-electron chi connectivity index (χ0n) is 9.45. The minimum absolute atomic E-state index is 0.0820. The van der Waals surface area contributed by atoms with Crippen molar-refractivity contribution in [2.75, 3.05) is 5.75 Å². The summed E-state index contributed by atoms with van der Waals surface area (Å²) in [6, 6.07) is 3.07. The van der Waals surface area contributed by atoms with E-state index in [0.717, 1.165) is 11.8 Å². The van der Waals surface area contributed by atoms with Gasteiger partial charge in [0, 0.05) is 24.9 Å². The molecule has 0 saturated heterocycles. The van der Waals surface area contributed by atoms with E-state index in [0.29, 0.717) is 16.5 Å². The molecule has 0 aliphatic carbocycles. The first-order valence-corrected chi connectivity index (χ1v) is 5.99. The predicted molar refractivity (Wildman–Crippen MR) is 65.4 cm³/mol. The molecule has 7 nitrogen and oxygen atoms in total. The van der Waals surface area contributed by atoms with E-state index in [4.69, 9.17) is 5.11 Å². The van der Waals surface area contributed by atoms with E-state index >= 15 is 0 Å². The van der Waals surface area contributed by atoms with Crippen LogP contribution in [0, 0.1) is 0 Å². The average Bonchev–Trinajstić information content (AvgIpc) is 2.68. The van der Waals surface area contributed by atoms with E-state index in [-0.39, 0.29) is 11.3 Å². The fourth-order valence-electron chi connectivity index (χ4n) is 1.33. The van der Waals surface area contributed by atoms with Gasteiger partial charge in [-0.15, -0.1) is 0 Å². The van der Waals surface area contributed by atoms with E-state index in [9.17, 15) is 9.59 Å². The lowest BCUT2D eigenvalue weighted by Gasteiger charge is -1.94. The van der Waals surface area contributed by atoms with Gasteiger partial charge in [0.05, 0.1) is 5.75 Å². The molecule has 2 aromatic heterocycles. The molecule has 0 amide bonds. The number of carboxylic acid groups (broad SMARTS) is 1. The molecule has 0 spiro atoms. The Hall–Kier alpha value is -2.09. The molecule has 0 atom stereocenters. The molecular formula is C10H10N4O3S. The Morgan fingerprint density at radius 1 is 1.61 bits per heavy atom. The van der Waals surface area contributed by atoms with Gasteiger partial charge in [0.1, 0.15) is 0 Å². The van der Waals surface area contributed by atoms with Crippen LogP contribution in [-0.2, 0) is 11.8 Å². The number of rotatable bonds is 4. The Kier molecular flexibility index (Phi) is 3.47. The third kappa shape index (κ3) is 2.77. The number of nitrogens with one attached hydrogen (secondary N) is 1. The summed E-state index contributed by atoms with van der Waals surface area (Å²) in [5.41, 5.74) is 0.358. The molecule has 0 bridgehead atoms. The molecule has 0 saturated carbocycles. The van der Waals surface area contributed by atoms with Crippen LogP contribution in [0.1, 0.15) is 0 Å². The number of H-pyrrole nitrogens is 1. The van der Waals surface area contributed by atoms with Gasteiger partial charge in [-0.3, -0.25) is 9.59 Å². The maximum Gasteiger partial charge on any atom is 0.313 e. The number of carboxylic acids is 1. The van der Waals surface area contributed by atoms with Crippen molar-refractivity contribution in [2.45, 2.75) is 5.16 Å². The number of aromatic nitrogens is 4. The highest BCUT2D eigenvalue weighted by molar-refractivity contribution is 7.99. The van der Waals surface area contributed by atoms with Gasteiger partial charge in [-0.1, -0.05) is 11.8 Å². The number of hydrogen-bond acceptors (Lipinski definition) is 5. The fraction of sp³-hybridized carbons (Fsp3) is 0.200. The third-order valence-electron chi connectivity index (χ3n) is 2.08. The van der Waals surface area contributed by atoms with E-state index < -0.39 is 5.97 Å². The Bertz CT molecular complexity index is 634. The highest BCUT2D eigenvalue weighted by Crippen LogP contribution is 2.19. The second kappa shape index (κ2) is 5.05. The van der Waals surface area contributed by atoms with Gasteiger partial charge in [0.15, 0.2) is 11.0 Å². The van der Waals surface area contributed by atoms with Gasteiger partial charge in [-0.05, 0) is 6.07 Å². The summed E-state index contributed by atoms with van der Waals surface area (Å²) < 4.78 is 1.49. The first kappa shape index (κ1) is 12.4. The number of hydrogen-bond donors (Lipinski definition) is 2. The summed E-state index contributed by atoms with van der Waals surface area (Å²) in [5.74, 6) is -0.598. The fourth-order valence-corrected chi connectivity index (χ4v) is 1.96. The van der Waals surface area contributed by atoms with Crippen LogP contribution in [0.15, 0.2) is 28.3 Å². The van der Waals surface area contributed by atoms with Crippen molar-refractivity contribution >= 4 is 17.7 Å². The Balaban J connectivity index is 2.28. The van der Waals surface area contributed by atoms with Crippen molar-refractivity contribution < 1.29 is 9.90 Å². The summed E-state index contributed by atoms with van der Waals surface area (Å²) in [4.78, 5) is 28.3. The molecule has 0 aliphatic heterocycles. The monoisotopic (exact) mass is 266 g/mol. The molecule has 2 heterocycles. The van der Waals surface area contributed by atoms with Crippen LogP contribution in [-0.4, -0.2) is 36.6 Å². The summed E-state index contributed by atoms with van der Waals surface area (Å²) in [6.07, 6.45) is 1.51. The molecule has 0 unspecified atom stereocenters. The average molecular weight is 266 g/mol. The lowest BCUT2D eigenvalue weighted by atomic mass is 10.2. The van der Waals surface area contributed by atoms with E-state index in [1.54, 1.807) is 13.1 Å². The first-order chi connectivity index (χ1) is 8.56. The summed E-state index contributed by atoms with van der Waals surface area (Å²) >= 11 is 1.08. The van der Waals surface area contributed by atoms with Crippen LogP contribution in [0.25, 0.3) is 11.4 Å². The molecule has 0 fully saturated rings. The Morgan fingerprint density at radius 3 is 3.06 bits per heavy atom. The Labute approximate surface area is 106 Å². The van der Waals surface area contributed by atoms with Gasteiger partial charge in [-0.2, -0.15) is 5.10 Å².